The largest absolute Gasteiger partial charge is 0.493 e. The third-order valence-corrected chi connectivity index (χ3v) is 3.23. The average molecular weight is 216 g/mol. The molecule has 1 aliphatic heterocycles. The van der Waals surface area contributed by atoms with E-state index < -0.39 is 0 Å². The van der Waals surface area contributed by atoms with E-state index in [4.69, 9.17) is 10.5 Å². The van der Waals surface area contributed by atoms with Crippen LogP contribution >= 0.6 is 0 Å². The van der Waals surface area contributed by atoms with E-state index in [-0.39, 0.29) is 0 Å². The normalized spacial score (nSPS) is 14.1. The Kier molecular flexibility index (Phi) is 2.33. The zero-order valence-electron chi connectivity index (χ0n) is 9.25. The Hall–Kier alpha value is -1.48. The molecule has 2 heterocycles. The lowest BCUT2D eigenvalue weighted by Gasteiger charge is -2.09. The second-order valence-corrected chi connectivity index (χ2v) is 4.28. The number of hydrogen-bond donors (Lipinski definition) is 2. The smallest absolute Gasteiger partial charge is 0.127 e. The number of benzene rings is 1. The maximum absolute atomic E-state index is 5.74. The van der Waals surface area contributed by atoms with Gasteiger partial charge in [0, 0.05) is 23.6 Å². The molecule has 0 aliphatic carbocycles. The van der Waals surface area contributed by atoms with Gasteiger partial charge in [-0.15, -0.1) is 0 Å². The van der Waals surface area contributed by atoms with Crippen molar-refractivity contribution in [1.82, 2.24) is 4.98 Å². The second-order valence-electron chi connectivity index (χ2n) is 4.28. The molecular weight excluding hydrogens is 200 g/mol. The van der Waals surface area contributed by atoms with Crippen molar-refractivity contribution in [2.75, 3.05) is 13.2 Å². The van der Waals surface area contributed by atoms with Crippen molar-refractivity contribution in [3.63, 3.8) is 0 Å². The minimum absolute atomic E-state index is 0.728. The number of aromatic nitrogens is 1. The van der Waals surface area contributed by atoms with E-state index in [0.29, 0.717) is 0 Å². The van der Waals surface area contributed by atoms with Gasteiger partial charge in [0.15, 0.2) is 0 Å². The van der Waals surface area contributed by atoms with Crippen LogP contribution in [0.4, 0.5) is 0 Å². The summed E-state index contributed by atoms with van der Waals surface area (Å²) in [6.07, 6.45) is 5.03. The molecule has 0 bridgehead atoms. The van der Waals surface area contributed by atoms with Crippen molar-refractivity contribution in [2.24, 2.45) is 5.73 Å². The molecule has 3 heteroatoms. The number of nitrogens with two attached hydrogens (primary N) is 1. The van der Waals surface area contributed by atoms with Crippen molar-refractivity contribution in [3.8, 4) is 5.75 Å². The lowest BCUT2D eigenvalue weighted by Crippen LogP contribution is -2.02. The molecule has 3 N–H and O–H groups in total. The lowest BCUT2D eigenvalue weighted by molar-refractivity contribution is 0.353. The Morgan fingerprint density at radius 2 is 2.38 bits per heavy atom. The van der Waals surface area contributed by atoms with Crippen LogP contribution in [0.2, 0.25) is 0 Å². The molecular formula is C13H16N2O. The molecule has 0 saturated heterocycles. The Morgan fingerprint density at radius 3 is 3.25 bits per heavy atom. The SMILES string of the molecule is NCCCc1c2c(cc3cc[nH]c13)CCO2. The van der Waals surface area contributed by atoms with Crippen LogP contribution < -0.4 is 10.5 Å². The van der Waals surface area contributed by atoms with Gasteiger partial charge in [-0.25, -0.2) is 0 Å². The quantitative estimate of drug-likeness (QED) is 0.824. The molecule has 0 fully saturated rings. The first-order valence-electron chi connectivity index (χ1n) is 5.85. The number of nitrogens with one attached hydrogen (secondary N) is 1. The molecule has 0 spiro atoms. The number of H-pyrrole nitrogens is 1. The predicted octanol–water partition coefficient (Wildman–Crippen LogP) is 1.99. The Labute approximate surface area is 94.6 Å². The maximum Gasteiger partial charge on any atom is 0.127 e. The molecule has 3 rings (SSSR count). The van der Waals surface area contributed by atoms with Crippen LogP contribution in [0, 0.1) is 0 Å². The summed E-state index contributed by atoms with van der Waals surface area (Å²) >= 11 is 0. The molecule has 84 valence electrons. The Bertz CT molecular complexity index is 516. The highest BCUT2D eigenvalue weighted by atomic mass is 16.5. The Morgan fingerprint density at radius 1 is 1.44 bits per heavy atom. The van der Waals surface area contributed by atoms with Gasteiger partial charge in [-0.05, 0) is 37.1 Å². The molecule has 1 aromatic carbocycles. The fourth-order valence-corrected chi connectivity index (χ4v) is 2.47. The summed E-state index contributed by atoms with van der Waals surface area (Å²) < 4.78 is 5.74. The fourth-order valence-electron chi connectivity index (χ4n) is 2.47. The summed E-state index contributed by atoms with van der Waals surface area (Å²) in [5, 5.41) is 1.29. The number of hydrogen-bond acceptors (Lipinski definition) is 2. The number of rotatable bonds is 3. The van der Waals surface area contributed by atoms with Crippen molar-refractivity contribution < 1.29 is 4.74 Å². The molecule has 0 atom stereocenters. The highest BCUT2D eigenvalue weighted by molar-refractivity contribution is 5.86. The zero-order valence-corrected chi connectivity index (χ0v) is 9.25. The molecule has 16 heavy (non-hydrogen) atoms. The van der Waals surface area contributed by atoms with Crippen LogP contribution in [0.3, 0.4) is 0 Å². The first-order chi connectivity index (χ1) is 7.90. The summed E-state index contributed by atoms with van der Waals surface area (Å²) in [5.74, 6) is 1.10. The van der Waals surface area contributed by atoms with Gasteiger partial charge in [0.1, 0.15) is 5.75 Å². The van der Waals surface area contributed by atoms with E-state index in [2.05, 4.69) is 17.1 Å². The summed E-state index contributed by atoms with van der Waals surface area (Å²) in [6, 6.07) is 4.36. The van der Waals surface area contributed by atoms with Crippen LogP contribution in [-0.2, 0) is 12.8 Å². The molecule has 0 unspecified atom stereocenters. The minimum Gasteiger partial charge on any atom is -0.493 e. The summed E-state index contributed by atoms with van der Waals surface area (Å²) in [6.45, 7) is 1.55. The average Bonchev–Trinajstić information content (AvgIpc) is 2.91. The maximum atomic E-state index is 5.74. The van der Waals surface area contributed by atoms with Crippen molar-refractivity contribution in [2.45, 2.75) is 19.3 Å². The van der Waals surface area contributed by atoms with Gasteiger partial charge < -0.3 is 15.5 Å². The van der Waals surface area contributed by atoms with Gasteiger partial charge in [-0.2, -0.15) is 0 Å². The van der Waals surface area contributed by atoms with Gasteiger partial charge in [0.05, 0.1) is 12.1 Å². The van der Waals surface area contributed by atoms with Crippen molar-refractivity contribution in [1.29, 1.82) is 0 Å². The van der Waals surface area contributed by atoms with E-state index in [1.165, 1.54) is 22.0 Å². The first kappa shape index (κ1) is 9.73. The molecule has 0 saturated carbocycles. The van der Waals surface area contributed by atoms with Crippen molar-refractivity contribution in [3.05, 3.63) is 29.5 Å². The summed E-state index contributed by atoms with van der Waals surface area (Å²) in [4.78, 5) is 3.31. The van der Waals surface area contributed by atoms with Gasteiger partial charge in [-0.3, -0.25) is 0 Å². The van der Waals surface area contributed by atoms with E-state index in [0.717, 1.165) is 38.2 Å². The number of fused-ring (bicyclic) bond motifs is 2. The third-order valence-electron chi connectivity index (χ3n) is 3.23. The summed E-state index contributed by atoms with van der Waals surface area (Å²) in [7, 11) is 0. The highest BCUT2D eigenvalue weighted by Gasteiger charge is 2.19. The summed E-state index contributed by atoms with van der Waals surface area (Å²) in [5.41, 5.74) is 9.46. The molecule has 2 aromatic rings. The van der Waals surface area contributed by atoms with E-state index >= 15 is 0 Å². The fraction of sp³-hybridized carbons (Fsp3) is 0.385. The van der Waals surface area contributed by atoms with Crippen LogP contribution in [-0.4, -0.2) is 18.1 Å². The number of aromatic amines is 1. The van der Waals surface area contributed by atoms with Crippen LogP contribution in [0.15, 0.2) is 18.3 Å². The topological polar surface area (TPSA) is 51.0 Å². The third kappa shape index (κ3) is 1.39. The van der Waals surface area contributed by atoms with Crippen LogP contribution in [0.25, 0.3) is 10.9 Å². The van der Waals surface area contributed by atoms with Gasteiger partial charge >= 0.3 is 0 Å². The van der Waals surface area contributed by atoms with Gasteiger partial charge in [0.2, 0.25) is 0 Å². The zero-order chi connectivity index (χ0) is 11.0. The monoisotopic (exact) mass is 216 g/mol. The Balaban J connectivity index is 2.16. The molecule has 1 aromatic heterocycles. The standard InChI is InChI=1S/C13H16N2O/c14-5-1-2-11-12-9(3-6-15-12)8-10-4-7-16-13(10)11/h3,6,8,15H,1-2,4-5,7,14H2. The number of ether oxygens (including phenoxy) is 1. The first-order valence-corrected chi connectivity index (χ1v) is 5.85. The highest BCUT2D eigenvalue weighted by Crippen LogP contribution is 2.36. The van der Waals surface area contributed by atoms with Crippen LogP contribution in [0.1, 0.15) is 17.5 Å². The number of aryl methyl sites for hydroxylation is 1. The van der Waals surface area contributed by atoms with E-state index in [1.54, 1.807) is 0 Å². The lowest BCUT2D eigenvalue weighted by atomic mass is 10.0. The van der Waals surface area contributed by atoms with Gasteiger partial charge in [-0.1, -0.05) is 0 Å². The van der Waals surface area contributed by atoms with Crippen molar-refractivity contribution >= 4 is 10.9 Å². The van der Waals surface area contributed by atoms with Crippen LogP contribution in [0.5, 0.6) is 5.75 Å². The van der Waals surface area contributed by atoms with E-state index in [1.807, 2.05) is 6.20 Å². The molecule has 3 nitrogen and oxygen atoms in total. The minimum atomic E-state index is 0.728. The molecule has 0 amide bonds. The second kappa shape index (κ2) is 3.83. The molecule has 1 aliphatic rings. The molecule has 0 radical (unpaired) electrons. The van der Waals surface area contributed by atoms with Gasteiger partial charge in [0.25, 0.3) is 0 Å². The predicted molar refractivity (Wildman–Crippen MR) is 64.9 cm³/mol. The van der Waals surface area contributed by atoms with E-state index in [9.17, 15) is 0 Å².